The summed E-state index contributed by atoms with van der Waals surface area (Å²) in [6.07, 6.45) is 2.95. The fraction of sp³-hybridized carbons (Fsp3) is 0.562. The Kier molecular flexibility index (Phi) is 5.54. The minimum absolute atomic E-state index is 0.131. The van der Waals surface area contributed by atoms with Crippen molar-refractivity contribution in [1.29, 1.82) is 0 Å². The standard InChI is InChI=1S/C16H23N3O4/c1-11-3-4-12(9-11)18(7-8-23-2)16(20)14-10-13(19(21)22)5-6-15(14)17/h5-6,10-12H,3-4,7-9,17H2,1-2H3/t11-,12+/m0/s1. The number of nitro groups is 1. The van der Waals surface area contributed by atoms with E-state index in [1.54, 1.807) is 12.0 Å². The lowest BCUT2D eigenvalue weighted by Gasteiger charge is -2.29. The van der Waals surface area contributed by atoms with Crippen molar-refractivity contribution in [3.05, 3.63) is 33.9 Å². The van der Waals surface area contributed by atoms with Crippen LogP contribution >= 0.6 is 0 Å². The third-order valence-electron chi connectivity index (χ3n) is 4.38. The summed E-state index contributed by atoms with van der Waals surface area (Å²) in [4.78, 5) is 25.1. The zero-order chi connectivity index (χ0) is 17.0. The minimum atomic E-state index is -0.520. The fourth-order valence-corrected chi connectivity index (χ4v) is 3.10. The second-order valence-electron chi connectivity index (χ2n) is 6.09. The Labute approximate surface area is 135 Å². The maximum Gasteiger partial charge on any atom is 0.270 e. The molecule has 0 aliphatic heterocycles. The van der Waals surface area contributed by atoms with Gasteiger partial charge in [-0.2, -0.15) is 0 Å². The van der Waals surface area contributed by atoms with Gasteiger partial charge in [-0.25, -0.2) is 0 Å². The van der Waals surface area contributed by atoms with E-state index in [0.29, 0.717) is 19.1 Å². The number of hydrogen-bond acceptors (Lipinski definition) is 5. The molecule has 0 bridgehead atoms. The van der Waals surface area contributed by atoms with Gasteiger partial charge >= 0.3 is 0 Å². The van der Waals surface area contributed by atoms with E-state index in [1.807, 2.05) is 0 Å². The van der Waals surface area contributed by atoms with E-state index in [9.17, 15) is 14.9 Å². The maximum absolute atomic E-state index is 12.9. The number of rotatable bonds is 6. The first kappa shape index (κ1) is 17.2. The molecule has 0 saturated heterocycles. The van der Waals surface area contributed by atoms with Crippen molar-refractivity contribution in [2.75, 3.05) is 26.0 Å². The van der Waals surface area contributed by atoms with Crippen molar-refractivity contribution in [3.8, 4) is 0 Å². The number of anilines is 1. The van der Waals surface area contributed by atoms with E-state index in [4.69, 9.17) is 10.5 Å². The SMILES string of the molecule is COCCN(C(=O)c1cc([N+](=O)[O-])ccc1N)[C@@H]1CC[C@H](C)C1. The molecule has 0 heterocycles. The predicted molar refractivity (Wildman–Crippen MR) is 87.2 cm³/mol. The maximum atomic E-state index is 12.9. The topological polar surface area (TPSA) is 98.7 Å². The molecule has 0 radical (unpaired) electrons. The summed E-state index contributed by atoms with van der Waals surface area (Å²) < 4.78 is 5.10. The summed E-state index contributed by atoms with van der Waals surface area (Å²) in [5.41, 5.74) is 6.20. The Morgan fingerprint density at radius 3 is 2.78 bits per heavy atom. The molecule has 0 spiro atoms. The molecule has 2 N–H and O–H groups in total. The molecule has 1 aliphatic rings. The van der Waals surface area contributed by atoms with Crippen molar-refractivity contribution in [2.45, 2.75) is 32.2 Å². The number of amides is 1. The number of carbonyl (C=O) groups is 1. The van der Waals surface area contributed by atoms with E-state index < -0.39 is 4.92 Å². The molecule has 23 heavy (non-hydrogen) atoms. The van der Waals surface area contributed by atoms with E-state index in [-0.39, 0.29) is 28.9 Å². The van der Waals surface area contributed by atoms with Crippen LogP contribution in [0.4, 0.5) is 11.4 Å². The average Bonchev–Trinajstić information content (AvgIpc) is 2.94. The molecule has 1 saturated carbocycles. The number of nitrogens with zero attached hydrogens (tertiary/aromatic N) is 2. The van der Waals surface area contributed by atoms with E-state index >= 15 is 0 Å². The summed E-state index contributed by atoms with van der Waals surface area (Å²) in [6.45, 7) is 3.04. The largest absolute Gasteiger partial charge is 0.398 e. The van der Waals surface area contributed by atoms with Gasteiger partial charge < -0.3 is 15.4 Å². The molecule has 126 valence electrons. The normalized spacial score (nSPS) is 20.4. The number of ether oxygens (including phenoxy) is 1. The molecule has 2 atom stereocenters. The fourth-order valence-electron chi connectivity index (χ4n) is 3.10. The highest BCUT2D eigenvalue weighted by molar-refractivity contribution is 6.00. The lowest BCUT2D eigenvalue weighted by molar-refractivity contribution is -0.384. The summed E-state index contributed by atoms with van der Waals surface area (Å²) in [6, 6.07) is 4.11. The van der Waals surface area contributed by atoms with Crippen molar-refractivity contribution in [3.63, 3.8) is 0 Å². The van der Waals surface area contributed by atoms with Crippen LogP contribution in [0.2, 0.25) is 0 Å². The second kappa shape index (κ2) is 7.41. The second-order valence-corrected chi connectivity index (χ2v) is 6.09. The molecule has 1 aliphatic carbocycles. The van der Waals surface area contributed by atoms with E-state index in [2.05, 4.69) is 6.92 Å². The first-order chi connectivity index (χ1) is 10.9. The van der Waals surface area contributed by atoms with Gasteiger partial charge in [0.15, 0.2) is 0 Å². The summed E-state index contributed by atoms with van der Waals surface area (Å²) in [5, 5.41) is 10.9. The van der Waals surface area contributed by atoms with E-state index in [0.717, 1.165) is 19.3 Å². The highest BCUT2D eigenvalue weighted by Crippen LogP contribution is 2.31. The quantitative estimate of drug-likeness (QED) is 0.493. The van der Waals surface area contributed by atoms with Crippen LogP contribution in [-0.4, -0.2) is 42.0 Å². The molecule has 0 unspecified atom stereocenters. The predicted octanol–water partition coefficient (Wildman–Crippen LogP) is 2.45. The van der Waals surface area contributed by atoms with Crippen molar-refractivity contribution >= 4 is 17.3 Å². The summed E-state index contributed by atoms with van der Waals surface area (Å²) in [5.74, 6) is 0.308. The molecule has 1 aromatic carbocycles. The molecule has 7 nitrogen and oxygen atoms in total. The third kappa shape index (κ3) is 3.98. The van der Waals surface area contributed by atoms with Crippen LogP contribution in [0.3, 0.4) is 0 Å². The van der Waals surface area contributed by atoms with Gasteiger partial charge in [-0.3, -0.25) is 14.9 Å². The molecule has 1 fully saturated rings. The summed E-state index contributed by atoms with van der Waals surface area (Å²) >= 11 is 0. The number of nitro benzene ring substituents is 1. The zero-order valence-corrected chi connectivity index (χ0v) is 13.5. The van der Waals surface area contributed by atoms with Gasteiger partial charge in [0.1, 0.15) is 0 Å². The van der Waals surface area contributed by atoms with Crippen LogP contribution in [-0.2, 0) is 4.74 Å². The Balaban J connectivity index is 2.29. The van der Waals surface area contributed by atoms with Crippen LogP contribution in [0.5, 0.6) is 0 Å². The highest BCUT2D eigenvalue weighted by atomic mass is 16.6. The lowest BCUT2D eigenvalue weighted by Crippen LogP contribution is -2.41. The number of methoxy groups -OCH3 is 1. The zero-order valence-electron chi connectivity index (χ0n) is 13.5. The molecule has 1 amide bonds. The summed E-state index contributed by atoms with van der Waals surface area (Å²) in [7, 11) is 1.58. The lowest BCUT2D eigenvalue weighted by atomic mass is 10.1. The molecule has 0 aromatic heterocycles. The Morgan fingerprint density at radius 2 is 2.22 bits per heavy atom. The Hall–Kier alpha value is -2.15. The van der Waals surface area contributed by atoms with Gasteiger partial charge in [0.25, 0.3) is 11.6 Å². The van der Waals surface area contributed by atoms with Crippen LogP contribution in [0.1, 0.15) is 36.5 Å². The van der Waals surface area contributed by atoms with E-state index in [1.165, 1.54) is 18.2 Å². The van der Waals surface area contributed by atoms with Crippen molar-refractivity contribution in [1.82, 2.24) is 4.90 Å². The Bertz CT molecular complexity index is 591. The third-order valence-corrected chi connectivity index (χ3v) is 4.38. The monoisotopic (exact) mass is 321 g/mol. The van der Waals surface area contributed by atoms with Crippen LogP contribution < -0.4 is 5.73 Å². The molecular formula is C16H23N3O4. The highest BCUT2D eigenvalue weighted by Gasteiger charge is 2.31. The smallest absolute Gasteiger partial charge is 0.270 e. The van der Waals surface area contributed by atoms with Gasteiger partial charge in [0.05, 0.1) is 17.1 Å². The van der Waals surface area contributed by atoms with Crippen molar-refractivity contribution in [2.24, 2.45) is 5.92 Å². The average molecular weight is 321 g/mol. The molecule has 2 rings (SSSR count). The van der Waals surface area contributed by atoms with Gasteiger partial charge in [-0.1, -0.05) is 6.92 Å². The minimum Gasteiger partial charge on any atom is -0.398 e. The number of benzene rings is 1. The van der Waals surface area contributed by atoms with Crippen LogP contribution in [0.15, 0.2) is 18.2 Å². The van der Waals surface area contributed by atoms with Crippen LogP contribution in [0.25, 0.3) is 0 Å². The number of hydrogen-bond donors (Lipinski definition) is 1. The van der Waals surface area contributed by atoms with Crippen molar-refractivity contribution < 1.29 is 14.5 Å². The van der Waals surface area contributed by atoms with Crippen LogP contribution in [0, 0.1) is 16.0 Å². The number of carbonyl (C=O) groups excluding carboxylic acids is 1. The Morgan fingerprint density at radius 1 is 1.48 bits per heavy atom. The van der Waals surface area contributed by atoms with Gasteiger partial charge in [-0.15, -0.1) is 0 Å². The first-order valence-corrected chi connectivity index (χ1v) is 7.77. The van der Waals surface area contributed by atoms with Gasteiger partial charge in [0.2, 0.25) is 0 Å². The number of nitrogens with two attached hydrogens (primary N) is 1. The molecule has 1 aromatic rings. The van der Waals surface area contributed by atoms with Gasteiger partial charge in [0, 0.05) is 37.5 Å². The number of non-ortho nitro benzene ring substituents is 1. The number of nitrogen functional groups attached to an aromatic ring is 1. The molecule has 7 heteroatoms. The van der Waals surface area contributed by atoms with Gasteiger partial charge in [-0.05, 0) is 31.2 Å². The first-order valence-electron chi connectivity index (χ1n) is 7.77. The molecular weight excluding hydrogens is 298 g/mol.